The number of hydrogen-bond acceptors (Lipinski definition) is 25. The van der Waals surface area contributed by atoms with Crippen molar-refractivity contribution < 1.29 is 116 Å². The molecule has 37 nitrogen and oxygen atoms in total. The van der Waals surface area contributed by atoms with E-state index in [2.05, 4.69) is 26.6 Å². The number of aliphatic hydroxyl groups excluding tert-OH is 2. The number of carbonyl (C=O) groups excluding carboxylic acids is 19. The molecule has 0 saturated carbocycles. The molecule has 0 rings (SSSR count). The van der Waals surface area contributed by atoms with Crippen LogP contribution >= 0.6 is 0 Å². The fourth-order valence-corrected chi connectivity index (χ4v) is 18.6. The zero-order valence-corrected chi connectivity index (χ0v) is 99.5. The molecule has 0 aromatic carbocycles. The van der Waals surface area contributed by atoms with E-state index in [0.29, 0.717) is 19.3 Å². The number of aliphatic hydroxyl groups is 2. The van der Waals surface area contributed by atoms with E-state index in [9.17, 15) is 101 Å². The van der Waals surface area contributed by atoms with Crippen LogP contribution in [-0.2, 0) is 101 Å². The highest BCUT2D eigenvalue weighted by Crippen LogP contribution is 2.33. The van der Waals surface area contributed by atoms with Gasteiger partial charge in [0.15, 0.2) is 28.9 Å². The summed E-state index contributed by atoms with van der Waals surface area (Å²) in [5.41, 5.74) is 5.33. The fraction of sp³-hybridized carbons (Fsp3) is 0.796. The molecule has 12 amide bonds. The molecule has 0 spiro atoms. The van der Waals surface area contributed by atoms with Crippen molar-refractivity contribution >= 4 is 112 Å². The van der Waals surface area contributed by atoms with Crippen LogP contribution < -0.4 is 32.3 Å². The SMILES string of the molecule is C/C=C/C[C@@H](C)[C@@H](O)[C@H](CC(=O)[C@H](C(C)C)N(C)C(=O)[C@@H](CC(=O)[C@H](CC(C)C)N(C)C(=O)[C@@H](C)NC(=O)[C@H](C)CC(=O)[C@H](CC(C)C)N(C)C(=O)[C@@H](N)C(C)C)CC(C)C)C(=O)N[C@@H](CC)C(=O)OC.C/C=C/C[C@@H](C)[C@@H](O)[C@H](CC(=O)[C@H](C(C)C)N(C)C(=O)[C@H](CC(C)C)N(C)C(=O)[C@H](CC(C)C)N(C)C(=O)[C@@H](C)NC(=O)[C@H](C)CC(=O)[C@H](CC(C)C)N(C)C(=O)[C@@H](NC(=O)OC(C)(C)C)C(C)C)C(=O)N[C@@H](CC)C(=O)OC. The van der Waals surface area contributed by atoms with Gasteiger partial charge in [-0.05, 0) is 184 Å². The van der Waals surface area contributed by atoms with E-state index in [1.165, 1.54) is 105 Å². The van der Waals surface area contributed by atoms with Crippen LogP contribution in [0.5, 0.6) is 0 Å². The minimum absolute atomic E-state index is 0.0255. The van der Waals surface area contributed by atoms with Gasteiger partial charge < -0.3 is 91.0 Å². The zero-order valence-electron chi connectivity index (χ0n) is 99.5. The molecule has 150 heavy (non-hydrogen) atoms. The van der Waals surface area contributed by atoms with Crippen molar-refractivity contribution in [3.8, 4) is 0 Å². The number of ether oxygens (including phenoxy) is 3. The van der Waals surface area contributed by atoms with E-state index in [1.54, 1.807) is 111 Å². The highest BCUT2D eigenvalue weighted by molar-refractivity contribution is 6.01. The predicted molar refractivity (Wildman–Crippen MR) is 583 cm³/mol. The van der Waals surface area contributed by atoms with Gasteiger partial charge in [0, 0.05) is 99.2 Å². The summed E-state index contributed by atoms with van der Waals surface area (Å²) in [6.45, 7) is 58.9. The van der Waals surface area contributed by atoms with Gasteiger partial charge in [0.25, 0.3) is 0 Å². The Balaban J connectivity index is 0. The summed E-state index contributed by atoms with van der Waals surface area (Å²) >= 11 is 0. The van der Waals surface area contributed by atoms with E-state index in [4.69, 9.17) is 19.9 Å². The highest BCUT2D eigenvalue weighted by Gasteiger charge is 2.47. The van der Waals surface area contributed by atoms with E-state index in [-0.39, 0.29) is 135 Å². The number of nitrogens with two attached hydrogens (primary N) is 1. The van der Waals surface area contributed by atoms with Crippen LogP contribution in [0.1, 0.15) is 325 Å². The summed E-state index contributed by atoms with van der Waals surface area (Å²) < 4.78 is 15.1. The molecule has 0 aromatic rings. The van der Waals surface area contributed by atoms with E-state index in [0.717, 1.165) is 0 Å². The summed E-state index contributed by atoms with van der Waals surface area (Å²) in [7, 11) is 12.8. The molecule has 0 bridgehead atoms. The Bertz CT molecular complexity index is 4400. The molecule has 0 aliphatic heterocycles. The van der Waals surface area contributed by atoms with Gasteiger partial charge in [-0.15, -0.1) is 0 Å². The van der Waals surface area contributed by atoms with Crippen molar-refractivity contribution in [2.45, 2.75) is 421 Å². The molecule has 0 aliphatic rings. The van der Waals surface area contributed by atoms with Crippen LogP contribution in [-0.4, -0.2) is 316 Å². The molecule has 0 aliphatic carbocycles. The molecule has 0 unspecified atom stereocenters. The number of likely N-dealkylation sites (N-methyl/N-ethyl adjacent to an activating group) is 7. The Morgan fingerprint density at radius 2 is 0.627 bits per heavy atom. The third kappa shape index (κ3) is 47.0. The van der Waals surface area contributed by atoms with Crippen LogP contribution in [0.15, 0.2) is 24.3 Å². The largest absolute Gasteiger partial charge is 0.467 e. The van der Waals surface area contributed by atoms with Crippen LogP contribution in [0.25, 0.3) is 0 Å². The number of Topliss-reactive ketones (excluding diaryl/α,β-unsaturated/α-hetero) is 5. The second-order valence-corrected chi connectivity index (χ2v) is 46.6. The van der Waals surface area contributed by atoms with Gasteiger partial charge in [-0.1, -0.05) is 204 Å². The van der Waals surface area contributed by atoms with Gasteiger partial charge in [0.1, 0.15) is 47.9 Å². The molecule has 0 radical (unpaired) electrons. The second kappa shape index (κ2) is 68.3. The predicted octanol–water partition coefficient (Wildman–Crippen LogP) is 11.9. The van der Waals surface area contributed by atoms with Crippen molar-refractivity contribution in [2.24, 2.45) is 106 Å². The summed E-state index contributed by atoms with van der Waals surface area (Å²) in [5.74, 6) is -17.4. The molecule has 0 heterocycles. The Morgan fingerprint density at radius 1 is 0.333 bits per heavy atom. The third-order valence-corrected chi connectivity index (χ3v) is 27.6. The lowest BCUT2D eigenvalue weighted by Crippen LogP contribution is -2.59. The summed E-state index contributed by atoms with van der Waals surface area (Å²) in [6, 6.07) is -13.1. The van der Waals surface area contributed by atoms with Crippen molar-refractivity contribution in [2.75, 3.05) is 63.6 Å². The minimum atomic E-state index is -1.30. The Morgan fingerprint density at radius 3 is 0.920 bits per heavy atom. The number of alkyl carbamates (subject to hydrolysis) is 1. The average molecular weight is 2130 g/mol. The number of ketones is 5. The van der Waals surface area contributed by atoms with E-state index >= 15 is 0 Å². The molecule has 22 atom stereocenters. The molecule has 0 aromatic heterocycles. The number of nitrogens with one attached hydrogen (secondary N) is 5. The number of carbonyl (C=O) groups is 19. The number of methoxy groups -OCH3 is 2. The van der Waals surface area contributed by atoms with Crippen molar-refractivity contribution in [1.29, 1.82) is 0 Å². The first kappa shape index (κ1) is 142. The van der Waals surface area contributed by atoms with Crippen LogP contribution in [0.4, 0.5) is 4.79 Å². The molecule has 862 valence electrons. The first-order valence-corrected chi connectivity index (χ1v) is 54.3. The molecule has 0 saturated heterocycles. The Kier molecular flexibility index (Phi) is 64.7. The zero-order chi connectivity index (χ0) is 117. The smallest absolute Gasteiger partial charge is 0.408 e. The maximum Gasteiger partial charge on any atom is 0.408 e. The maximum absolute atomic E-state index is 14.9. The first-order chi connectivity index (χ1) is 69.1. The van der Waals surface area contributed by atoms with Crippen molar-refractivity contribution in [1.82, 2.24) is 60.9 Å². The fourth-order valence-electron chi connectivity index (χ4n) is 18.6. The maximum atomic E-state index is 14.9. The van der Waals surface area contributed by atoms with E-state index in [1.807, 2.05) is 135 Å². The van der Waals surface area contributed by atoms with Crippen molar-refractivity contribution in [3.63, 3.8) is 0 Å². The Hall–Kier alpha value is -9.91. The number of esters is 2. The third-order valence-electron chi connectivity index (χ3n) is 27.6. The monoisotopic (exact) mass is 2120 g/mol. The number of hydrogen-bond donors (Lipinski definition) is 8. The lowest BCUT2D eigenvalue weighted by Gasteiger charge is -2.39. The van der Waals surface area contributed by atoms with Crippen LogP contribution in [0.3, 0.4) is 0 Å². The second-order valence-electron chi connectivity index (χ2n) is 46.6. The topological polar surface area (TPSA) is 501 Å². The van der Waals surface area contributed by atoms with Gasteiger partial charge in [-0.25, -0.2) is 14.4 Å². The average Bonchev–Trinajstić information content (AvgIpc) is 0.796. The van der Waals surface area contributed by atoms with Gasteiger partial charge in [-0.2, -0.15) is 0 Å². The molecule has 0 fully saturated rings. The summed E-state index contributed by atoms with van der Waals surface area (Å²) in [5, 5.41) is 36.5. The minimum Gasteiger partial charge on any atom is -0.467 e. The number of allylic oxidation sites excluding steroid dienone is 4. The van der Waals surface area contributed by atoms with Gasteiger partial charge in [0.05, 0.1) is 74.5 Å². The van der Waals surface area contributed by atoms with Crippen molar-refractivity contribution in [3.05, 3.63) is 24.3 Å². The standard InChI is InChI=1S/C59H105N7O13.C54H96N6O11/c1-24-26-27-38(13)50(69)41(52(71)61-42(25-2)57(76)78-23)32-47(68)49(37(11)12)66(22)55(74)45(30-35(7)8)65(21)54(73)44(29-34(5)6)64(20)53(72)40(15)60-51(70)39(14)31-46(67)43(28-33(3)4)63(19)56(75)48(36(9)10)62-58(77)79-59(16,17)18;1-20-22-23-35(13)48(64)39(50(66)57-40(21-2)54(70)71-19)29-45(63)47(34(11)12)60(18)52(68)38(24-30(3)4)28-44(62)42(26-32(7)8)58(16)51(67)37(15)56-49(65)36(14)27-43(61)41(25-31(5)6)59(17)53(69)46(55)33(9)10/h24,26,33-45,48-50,69H,25,27-32H2,1-23H3,(H,60,70)(H,61,71)(H,62,77);20,22,30-42,46-48,64H,21,23-29,55H2,1-19H3,(H,56,65)(H,57,66)/b26-24+;22-20+/t38-,39-,40-,41+,42+,43+,44+,45+,48+,49+,50-;35-,36-,37-,38-,39+,40+,41+,42+,46+,47+,48-/m11/s1. The summed E-state index contributed by atoms with van der Waals surface area (Å²) in [6.07, 6.45) is 5.18. The lowest BCUT2D eigenvalue weighted by molar-refractivity contribution is -0.153. The van der Waals surface area contributed by atoms with E-state index < -0.39 is 251 Å². The Labute approximate surface area is 899 Å². The molecule has 37 heteroatoms. The first-order valence-electron chi connectivity index (χ1n) is 54.3. The number of nitrogens with zero attached hydrogens (tertiary/aromatic N) is 7. The summed E-state index contributed by atoms with van der Waals surface area (Å²) in [4.78, 5) is 273. The number of amides is 12. The molecular formula is C113H201N13O24. The quantitative estimate of drug-likeness (QED) is 0.0159. The number of rotatable bonds is 66. The van der Waals surface area contributed by atoms with Gasteiger partial charge >= 0.3 is 18.0 Å². The lowest BCUT2D eigenvalue weighted by atomic mass is 9.82. The highest BCUT2D eigenvalue weighted by atomic mass is 16.6. The van der Waals surface area contributed by atoms with Crippen LogP contribution in [0, 0.1) is 101 Å². The molecule has 9 N–H and O–H groups in total. The molecular weight excluding hydrogens is 1920 g/mol. The normalized spacial score (nSPS) is 16.4. The van der Waals surface area contributed by atoms with Gasteiger partial charge in [0.2, 0.25) is 65.0 Å². The van der Waals surface area contributed by atoms with Crippen LogP contribution in [0.2, 0.25) is 0 Å². The van der Waals surface area contributed by atoms with Gasteiger partial charge in [-0.3, -0.25) is 76.7 Å².